The molecule has 0 saturated carbocycles. The molecule has 2 aliphatic rings. The zero-order valence-corrected chi connectivity index (χ0v) is 20.7. The second kappa shape index (κ2) is 11.1. The maximum absolute atomic E-state index is 13.2. The van der Waals surface area contributed by atoms with Crippen molar-refractivity contribution < 1.29 is 28.5 Å². The van der Waals surface area contributed by atoms with Crippen molar-refractivity contribution in [1.82, 2.24) is 4.90 Å². The molecule has 0 radical (unpaired) electrons. The first kappa shape index (κ1) is 24.2. The molecule has 188 valence electrons. The van der Waals surface area contributed by atoms with E-state index < -0.39 is 0 Å². The van der Waals surface area contributed by atoms with Crippen molar-refractivity contribution in [3.8, 4) is 28.7 Å². The molecule has 2 aliphatic heterocycles. The molecule has 36 heavy (non-hydrogen) atoms. The number of nitrogens with one attached hydrogen (secondary N) is 1. The van der Waals surface area contributed by atoms with Gasteiger partial charge in [-0.15, -0.1) is 0 Å². The zero-order chi connectivity index (χ0) is 24.9. The van der Waals surface area contributed by atoms with E-state index in [-0.39, 0.29) is 19.2 Å². The summed E-state index contributed by atoms with van der Waals surface area (Å²) in [6, 6.07) is 16.4. The van der Waals surface area contributed by atoms with E-state index in [1.54, 1.807) is 18.2 Å². The molecule has 0 aromatic heterocycles. The molecular weight excluding hydrogens is 484 g/mol. The molecule has 5 rings (SSSR count). The van der Waals surface area contributed by atoms with Crippen LogP contribution in [0.3, 0.4) is 0 Å². The minimum Gasteiger partial charge on any atom is -0.487 e. The Bertz CT molecular complexity index is 1250. The number of fused-ring (bicyclic) bond motifs is 3. The van der Waals surface area contributed by atoms with Gasteiger partial charge in [-0.2, -0.15) is 0 Å². The summed E-state index contributed by atoms with van der Waals surface area (Å²) in [5.74, 6) is 2.84. The molecule has 0 bridgehead atoms. The van der Waals surface area contributed by atoms with E-state index in [1.807, 2.05) is 48.2 Å². The predicted octanol–water partition coefficient (Wildman–Crippen LogP) is 5.02. The standard InChI is InChI=1S/C27H27ClN2O6/c1-18-12-25-26(35-17-34-25)13-19(18)15-30-8-9-32-10-11-33-23-4-2-3-5-24(23)36-22-7-6-20(28)14-21(22)29-27(31)16-30/h2-7,12-14H,8-11,15-17H2,1H3,(H,29,31). The first-order valence-corrected chi connectivity index (χ1v) is 12.1. The number of rotatable bonds is 2. The van der Waals surface area contributed by atoms with Gasteiger partial charge < -0.3 is 29.0 Å². The summed E-state index contributed by atoms with van der Waals surface area (Å²) in [6.45, 7) is 4.70. The summed E-state index contributed by atoms with van der Waals surface area (Å²) >= 11 is 6.24. The van der Waals surface area contributed by atoms with E-state index in [9.17, 15) is 4.79 Å². The van der Waals surface area contributed by atoms with E-state index in [2.05, 4.69) is 5.32 Å². The van der Waals surface area contributed by atoms with Crippen LogP contribution in [-0.2, 0) is 16.1 Å². The van der Waals surface area contributed by atoms with Crippen molar-refractivity contribution in [3.63, 3.8) is 0 Å². The number of amides is 1. The largest absolute Gasteiger partial charge is 0.487 e. The lowest BCUT2D eigenvalue weighted by Gasteiger charge is -2.23. The molecule has 0 fully saturated rings. The summed E-state index contributed by atoms with van der Waals surface area (Å²) in [5, 5.41) is 3.44. The summed E-state index contributed by atoms with van der Waals surface area (Å²) in [4.78, 5) is 15.2. The van der Waals surface area contributed by atoms with Crippen LogP contribution in [0.4, 0.5) is 5.69 Å². The van der Waals surface area contributed by atoms with Gasteiger partial charge in [-0.1, -0.05) is 23.7 Å². The number of hydrogen-bond donors (Lipinski definition) is 1. The monoisotopic (exact) mass is 510 g/mol. The molecule has 2 heterocycles. The second-order valence-corrected chi connectivity index (χ2v) is 8.98. The Labute approximate surface area is 214 Å². The second-order valence-electron chi connectivity index (χ2n) is 8.54. The third-order valence-electron chi connectivity index (χ3n) is 5.91. The molecule has 9 heteroatoms. The Morgan fingerprint density at radius 1 is 0.889 bits per heavy atom. The number of benzene rings is 3. The van der Waals surface area contributed by atoms with Crippen LogP contribution >= 0.6 is 11.6 Å². The van der Waals surface area contributed by atoms with Crippen LogP contribution in [0.5, 0.6) is 28.7 Å². The van der Waals surface area contributed by atoms with Gasteiger partial charge in [0.05, 0.1) is 25.4 Å². The fraction of sp³-hybridized carbons (Fsp3) is 0.296. The minimum atomic E-state index is -0.195. The maximum Gasteiger partial charge on any atom is 0.238 e. The smallest absolute Gasteiger partial charge is 0.238 e. The summed E-state index contributed by atoms with van der Waals surface area (Å²) in [7, 11) is 0. The highest BCUT2D eigenvalue weighted by molar-refractivity contribution is 6.31. The van der Waals surface area contributed by atoms with Gasteiger partial charge in [0.1, 0.15) is 6.61 Å². The molecule has 3 aromatic rings. The van der Waals surface area contributed by atoms with Crippen LogP contribution in [0.1, 0.15) is 11.1 Å². The molecule has 0 saturated heterocycles. The van der Waals surface area contributed by atoms with Crippen LogP contribution in [0, 0.1) is 6.92 Å². The molecule has 1 amide bonds. The van der Waals surface area contributed by atoms with E-state index in [0.717, 1.165) is 16.9 Å². The quantitative estimate of drug-likeness (QED) is 0.518. The summed E-state index contributed by atoms with van der Waals surface area (Å²) in [6.07, 6.45) is 0. The van der Waals surface area contributed by atoms with Crippen molar-refractivity contribution in [3.05, 3.63) is 70.7 Å². The normalized spacial score (nSPS) is 16.4. The van der Waals surface area contributed by atoms with E-state index >= 15 is 0 Å². The van der Waals surface area contributed by atoms with E-state index in [0.29, 0.717) is 66.6 Å². The lowest BCUT2D eigenvalue weighted by molar-refractivity contribution is -0.117. The first-order chi connectivity index (χ1) is 17.5. The SMILES string of the molecule is Cc1cc2c(cc1CN1CCOCCOc3ccccc3Oc3ccc(Cl)cc3NC(=O)C1)OCO2. The number of hydrogen-bond acceptors (Lipinski definition) is 7. The van der Waals surface area contributed by atoms with Crippen molar-refractivity contribution in [2.24, 2.45) is 0 Å². The minimum absolute atomic E-state index is 0.149. The lowest BCUT2D eigenvalue weighted by Crippen LogP contribution is -2.35. The fourth-order valence-electron chi connectivity index (χ4n) is 4.07. The molecule has 0 spiro atoms. The topological polar surface area (TPSA) is 78.5 Å². The average molecular weight is 511 g/mol. The highest BCUT2D eigenvalue weighted by atomic mass is 35.5. The van der Waals surface area contributed by atoms with Crippen LogP contribution < -0.4 is 24.3 Å². The van der Waals surface area contributed by atoms with Gasteiger partial charge in [0.15, 0.2) is 28.7 Å². The fourth-order valence-corrected chi connectivity index (χ4v) is 4.24. The highest BCUT2D eigenvalue weighted by Gasteiger charge is 2.20. The number of para-hydroxylation sites is 2. The Kier molecular flexibility index (Phi) is 7.46. The molecule has 0 unspecified atom stereocenters. The van der Waals surface area contributed by atoms with Crippen molar-refractivity contribution in [1.29, 1.82) is 0 Å². The number of carbonyl (C=O) groups is 1. The molecule has 0 aliphatic carbocycles. The van der Waals surface area contributed by atoms with Gasteiger partial charge in [0.2, 0.25) is 12.7 Å². The third kappa shape index (κ3) is 5.84. The molecular formula is C27H27ClN2O6. The number of halogens is 1. The third-order valence-corrected chi connectivity index (χ3v) is 6.15. The number of carbonyl (C=O) groups excluding carboxylic acids is 1. The summed E-state index contributed by atoms with van der Waals surface area (Å²) in [5.41, 5.74) is 2.59. The van der Waals surface area contributed by atoms with E-state index in [1.165, 1.54) is 0 Å². The number of anilines is 1. The first-order valence-electron chi connectivity index (χ1n) is 11.7. The Hall–Kier alpha value is -3.46. The van der Waals surface area contributed by atoms with Gasteiger partial charge >= 0.3 is 0 Å². The number of ether oxygens (including phenoxy) is 5. The number of nitrogens with zero attached hydrogens (tertiary/aromatic N) is 1. The zero-order valence-electron chi connectivity index (χ0n) is 19.9. The Morgan fingerprint density at radius 2 is 1.69 bits per heavy atom. The Balaban J connectivity index is 1.39. The molecule has 0 atom stereocenters. The van der Waals surface area contributed by atoms with Crippen molar-refractivity contribution in [2.45, 2.75) is 13.5 Å². The van der Waals surface area contributed by atoms with Gasteiger partial charge in [-0.25, -0.2) is 0 Å². The lowest BCUT2D eigenvalue weighted by atomic mass is 10.1. The van der Waals surface area contributed by atoms with Gasteiger partial charge in [-0.3, -0.25) is 9.69 Å². The molecule has 8 nitrogen and oxygen atoms in total. The van der Waals surface area contributed by atoms with Gasteiger partial charge in [0.25, 0.3) is 0 Å². The predicted molar refractivity (Wildman–Crippen MR) is 135 cm³/mol. The van der Waals surface area contributed by atoms with Crippen LogP contribution in [0.2, 0.25) is 5.02 Å². The summed E-state index contributed by atoms with van der Waals surface area (Å²) < 4.78 is 28.9. The Morgan fingerprint density at radius 3 is 2.56 bits per heavy atom. The van der Waals surface area contributed by atoms with Crippen molar-refractivity contribution >= 4 is 23.2 Å². The van der Waals surface area contributed by atoms with Crippen LogP contribution in [0.15, 0.2) is 54.6 Å². The van der Waals surface area contributed by atoms with E-state index in [4.69, 9.17) is 35.3 Å². The molecule has 3 aromatic carbocycles. The van der Waals surface area contributed by atoms with Crippen molar-refractivity contribution in [2.75, 3.05) is 45.0 Å². The van der Waals surface area contributed by atoms with Crippen LogP contribution in [0.25, 0.3) is 0 Å². The maximum atomic E-state index is 13.2. The van der Waals surface area contributed by atoms with Gasteiger partial charge in [0, 0.05) is 18.1 Å². The number of aryl methyl sites for hydroxylation is 1. The average Bonchev–Trinajstić information content (AvgIpc) is 3.30. The van der Waals surface area contributed by atoms with Gasteiger partial charge in [-0.05, 0) is 60.5 Å². The molecule has 1 N–H and O–H groups in total. The highest BCUT2D eigenvalue weighted by Crippen LogP contribution is 2.37. The van der Waals surface area contributed by atoms with Crippen LogP contribution in [-0.4, -0.2) is 50.5 Å².